The third-order valence-electron chi connectivity index (χ3n) is 3.46. The van der Waals surface area contributed by atoms with Gasteiger partial charge >= 0.3 is 5.97 Å². The highest BCUT2D eigenvalue weighted by Gasteiger charge is 2.26. The second-order valence-corrected chi connectivity index (χ2v) is 5.37. The van der Waals surface area contributed by atoms with Gasteiger partial charge in [0.05, 0.1) is 38.6 Å². The molecule has 0 radical (unpaired) electrons. The fourth-order valence-electron chi connectivity index (χ4n) is 2.33. The molecular formula is C17H24O5. The number of carbonyl (C=O) groups is 1. The molecule has 1 aliphatic heterocycles. The Kier molecular flexibility index (Phi) is 7.36. The van der Waals surface area contributed by atoms with Crippen molar-refractivity contribution in [3.05, 3.63) is 35.9 Å². The predicted molar refractivity (Wildman–Crippen MR) is 81.4 cm³/mol. The minimum atomic E-state index is -0.265. The van der Waals surface area contributed by atoms with Crippen molar-refractivity contribution in [2.24, 2.45) is 0 Å². The van der Waals surface area contributed by atoms with Gasteiger partial charge in [0.15, 0.2) is 0 Å². The van der Waals surface area contributed by atoms with Gasteiger partial charge in [0.1, 0.15) is 6.61 Å². The molecule has 1 aliphatic rings. The van der Waals surface area contributed by atoms with E-state index in [4.69, 9.17) is 18.9 Å². The van der Waals surface area contributed by atoms with Crippen LogP contribution in [0.2, 0.25) is 0 Å². The zero-order valence-corrected chi connectivity index (χ0v) is 13.0. The largest absolute Gasteiger partial charge is 0.463 e. The summed E-state index contributed by atoms with van der Waals surface area (Å²) in [6.07, 6.45) is 1.95. The lowest BCUT2D eigenvalue weighted by Gasteiger charge is -2.14. The monoisotopic (exact) mass is 308 g/mol. The summed E-state index contributed by atoms with van der Waals surface area (Å²) in [6.45, 7) is 4.04. The lowest BCUT2D eigenvalue weighted by Crippen LogP contribution is -2.22. The number of esters is 1. The van der Waals surface area contributed by atoms with Crippen molar-refractivity contribution < 1.29 is 23.7 Å². The third kappa shape index (κ3) is 6.56. The normalized spacial score (nSPS) is 21.0. The molecule has 0 spiro atoms. The minimum absolute atomic E-state index is 0.00632. The number of rotatable bonds is 9. The molecule has 0 amide bonds. The van der Waals surface area contributed by atoms with E-state index in [1.165, 1.54) is 6.92 Å². The molecule has 1 saturated heterocycles. The molecule has 5 heteroatoms. The SMILES string of the molecule is CC(=O)OC[C@@H]1CC[C@H](COCCOCc2ccccc2)O1. The second kappa shape index (κ2) is 9.56. The third-order valence-corrected chi connectivity index (χ3v) is 3.46. The molecule has 1 fully saturated rings. The molecule has 22 heavy (non-hydrogen) atoms. The standard InChI is InChI=1S/C17H24O5/c1-14(18)21-13-17-8-7-16(22-17)12-20-10-9-19-11-15-5-3-2-4-6-15/h2-6,16-17H,7-13H2,1H3/t16-,17+/m1/s1. The quantitative estimate of drug-likeness (QED) is 0.518. The second-order valence-electron chi connectivity index (χ2n) is 5.37. The molecule has 1 aromatic rings. The molecule has 0 aliphatic carbocycles. The van der Waals surface area contributed by atoms with E-state index < -0.39 is 0 Å². The summed E-state index contributed by atoms with van der Waals surface area (Å²) in [5.74, 6) is -0.265. The Labute approximate surface area is 131 Å². The first kappa shape index (κ1) is 16.9. The van der Waals surface area contributed by atoms with Gasteiger partial charge < -0.3 is 18.9 Å². The van der Waals surface area contributed by atoms with Crippen LogP contribution in [0.3, 0.4) is 0 Å². The van der Waals surface area contributed by atoms with Gasteiger partial charge in [0.2, 0.25) is 0 Å². The Hall–Kier alpha value is -1.43. The van der Waals surface area contributed by atoms with E-state index in [0.717, 1.165) is 18.4 Å². The highest BCUT2D eigenvalue weighted by molar-refractivity contribution is 5.65. The Morgan fingerprint density at radius 2 is 1.77 bits per heavy atom. The Bertz CT molecular complexity index is 434. The number of ether oxygens (including phenoxy) is 4. The first-order valence-corrected chi connectivity index (χ1v) is 7.72. The number of benzene rings is 1. The van der Waals surface area contributed by atoms with Crippen molar-refractivity contribution in [1.29, 1.82) is 0 Å². The maximum atomic E-state index is 10.7. The van der Waals surface area contributed by atoms with Gasteiger partial charge in [-0.25, -0.2) is 0 Å². The average molecular weight is 308 g/mol. The van der Waals surface area contributed by atoms with Crippen LogP contribution in [0.4, 0.5) is 0 Å². The van der Waals surface area contributed by atoms with Crippen LogP contribution in [-0.2, 0) is 30.3 Å². The lowest BCUT2D eigenvalue weighted by molar-refractivity contribution is -0.145. The van der Waals surface area contributed by atoms with E-state index in [2.05, 4.69) is 0 Å². The molecule has 1 heterocycles. The molecular weight excluding hydrogens is 284 g/mol. The van der Waals surface area contributed by atoms with Crippen molar-refractivity contribution in [3.8, 4) is 0 Å². The minimum Gasteiger partial charge on any atom is -0.463 e. The summed E-state index contributed by atoms with van der Waals surface area (Å²) in [4.78, 5) is 10.7. The number of carbonyl (C=O) groups excluding carboxylic acids is 1. The number of hydrogen-bond donors (Lipinski definition) is 0. The van der Waals surface area contributed by atoms with Crippen molar-refractivity contribution in [3.63, 3.8) is 0 Å². The van der Waals surface area contributed by atoms with E-state index in [9.17, 15) is 4.79 Å². The van der Waals surface area contributed by atoms with Gasteiger partial charge in [0, 0.05) is 6.92 Å². The molecule has 2 rings (SSSR count). The topological polar surface area (TPSA) is 54.0 Å². The molecule has 2 atom stereocenters. The van der Waals surface area contributed by atoms with E-state index in [1.54, 1.807) is 0 Å². The molecule has 0 saturated carbocycles. The van der Waals surface area contributed by atoms with Gasteiger partial charge in [-0.1, -0.05) is 30.3 Å². The Balaban J connectivity index is 1.46. The van der Waals surface area contributed by atoms with Crippen LogP contribution >= 0.6 is 0 Å². The maximum Gasteiger partial charge on any atom is 0.302 e. The zero-order chi connectivity index (χ0) is 15.6. The smallest absolute Gasteiger partial charge is 0.302 e. The molecule has 0 unspecified atom stereocenters. The van der Waals surface area contributed by atoms with E-state index in [0.29, 0.717) is 33.0 Å². The van der Waals surface area contributed by atoms with Gasteiger partial charge in [-0.3, -0.25) is 4.79 Å². The van der Waals surface area contributed by atoms with Gasteiger partial charge in [-0.2, -0.15) is 0 Å². The van der Waals surface area contributed by atoms with E-state index in [1.807, 2.05) is 30.3 Å². The van der Waals surface area contributed by atoms with Crippen molar-refractivity contribution >= 4 is 5.97 Å². The fraction of sp³-hybridized carbons (Fsp3) is 0.588. The van der Waals surface area contributed by atoms with E-state index >= 15 is 0 Å². The first-order chi connectivity index (χ1) is 10.7. The zero-order valence-electron chi connectivity index (χ0n) is 13.0. The lowest BCUT2D eigenvalue weighted by atomic mass is 10.2. The van der Waals surface area contributed by atoms with Gasteiger partial charge in [-0.05, 0) is 18.4 Å². The van der Waals surface area contributed by atoms with Crippen molar-refractivity contribution in [2.75, 3.05) is 26.4 Å². The predicted octanol–water partition coefficient (Wildman–Crippen LogP) is 2.33. The molecule has 0 aromatic heterocycles. The van der Waals surface area contributed by atoms with Crippen LogP contribution < -0.4 is 0 Å². The molecule has 5 nitrogen and oxygen atoms in total. The van der Waals surface area contributed by atoms with Crippen LogP contribution in [0.15, 0.2) is 30.3 Å². The molecule has 0 N–H and O–H groups in total. The molecule has 122 valence electrons. The highest BCUT2D eigenvalue weighted by Crippen LogP contribution is 2.20. The van der Waals surface area contributed by atoms with Gasteiger partial charge in [0.25, 0.3) is 0 Å². The van der Waals surface area contributed by atoms with Crippen LogP contribution in [0, 0.1) is 0 Å². The van der Waals surface area contributed by atoms with Crippen LogP contribution in [0.5, 0.6) is 0 Å². The maximum absolute atomic E-state index is 10.7. The molecule has 0 bridgehead atoms. The van der Waals surface area contributed by atoms with Crippen molar-refractivity contribution in [2.45, 2.75) is 38.6 Å². The number of hydrogen-bond acceptors (Lipinski definition) is 5. The molecule has 1 aromatic carbocycles. The van der Waals surface area contributed by atoms with Crippen molar-refractivity contribution in [1.82, 2.24) is 0 Å². The van der Waals surface area contributed by atoms with Crippen LogP contribution in [-0.4, -0.2) is 44.6 Å². The fourth-order valence-corrected chi connectivity index (χ4v) is 2.33. The Morgan fingerprint density at radius 3 is 2.50 bits per heavy atom. The van der Waals surface area contributed by atoms with E-state index in [-0.39, 0.29) is 18.2 Å². The summed E-state index contributed by atoms with van der Waals surface area (Å²) < 4.78 is 21.8. The summed E-state index contributed by atoms with van der Waals surface area (Å²) in [5, 5.41) is 0. The first-order valence-electron chi connectivity index (χ1n) is 7.72. The van der Waals surface area contributed by atoms with Gasteiger partial charge in [-0.15, -0.1) is 0 Å². The average Bonchev–Trinajstić information content (AvgIpc) is 2.97. The summed E-state index contributed by atoms with van der Waals surface area (Å²) >= 11 is 0. The highest BCUT2D eigenvalue weighted by atomic mass is 16.6. The summed E-state index contributed by atoms with van der Waals surface area (Å²) in [6, 6.07) is 10.1. The summed E-state index contributed by atoms with van der Waals surface area (Å²) in [5.41, 5.74) is 1.16. The van der Waals surface area contributed by atoms with Crippen LogP contribution in [0.1, 0.15) is 25.3 Å². The Morgan fingerprint density at radius 1 is 1.09 bits per heavy atom. The summed E-state index contributed by atoms with van der Waals surface area (Å²) in [7, 11) is 0. The van der Waals surface area contributed by atoms with Crippen LogP contribution in [0.25, 0.3) is 0 Å².